The Morgan fingerprint density at radius 1 is 1.39 bits per heavy atom. The molecule has 4 N–H and O–H groups in total. The molecule has 1 unspecified atom stereocenters. The zero-order valence-electron chi connectivity index (χ0n) is 10.2. The van der Waals surface area contributed by atoms with Crippen LogP contribution in [0, 0.1) is 13.8 Å². The second-order valence-corrected chi connectivity index (χ2v) is 5.21. The molecule has 0 aliphatic rings. The van der Waals surface area contributed by atoms with E-state index in [-0.39, 0.29) is 6.54 Å². The molecule has 1 aromatic rings. The van der Waals surface area contributed by atoms with Crippen molar-refractivity contribution in [3.63, 3.8) is 0 Å². The Bertz CT molecular complexity index is 425. The molecule has 0 radical (unpaired) electrons. The van der Waals surface area contributed by atoms with Crippen LogP contribution in [0.5, 0.6) is 0 Å². The molecule has 2 amide bonds. The Balaban J connectivity index is 2.31. The Kier molecular flexibility index (Phi) is 5.11. The summed E-state index contributed by atoms with van der Waals surface area (Å²) >= 11 is 1.60. The molecule has 0 aliphatic heterocycles. The monoisotopic (exact) mass is 272 g/mol. The van der Waals surface area contributed by atoms with Crippen molar-refractivity contribution in [2.45, 2.75) is 26.5 Å². The van der Waals surface area contributed by atoms with E-state index in [0.717, 1.165) is 4.88 Å². The third kappa shape index (κ3) is 4.34. The minimum Gasteiger partial charge on any atom is -0.479 e. The van der Waals surface area contributed by atoms with Crippen LogP contribution < -0.4 is 10.6 Å². The van der Waals surface area contributed by atoms with E-state index in [1.54, 1.807) is 11.3 Å². The number of aliphatic hydroxyl groups excluding tert-OH is 1. The molecule has 18 heavy (non-hydrogen) atoms. The molecule has 100 valence electrons. The summed E-state index contributed by atoms with van der Waals surface area (Å²) in [6, 6.07) is 1.49. The first-order chi connectivity index (χ1) is 8.40. The van der Waals surface area contributed by atoms with E-state index in [9.17, 15) is 9.59 Å². The largest absolute Gasteiger partial charge is 0.479 e. The molecule has 0 saturated carbocycles. The predicted octanol–water partition coefficient (Wildman–Crippen LogP) is 0.610. The van der Waals surface area contributed by atoms with E-state index in [4.69, 9.17) is 10.2 Å². The van der Waals surface area contributed by atoms with Crippen LogP contribution in [0.4, 0.5) is 4.79 Å². The molecule has 0 aliphatic carbocycles. The van der Waals surface area contributed by atoms with Crippen molar-refractivity contribution in [1.82, 2.24) is 10.6 Å². The number of aliphatic carboxylic acids is 1. The summed E-state index contributed by atoms with van der Waals surface area (Å²) in [4.78, 5) is 23.9. The molecule has 6 nitrogen and oxygen atoms in total. The number of hydrogen-bond acceptors (Lipinski definition) is 4. The van der Waals surface area contributed by atoms with Crippen molar-refractivity contribution in [3.05, 3.63) is 21.4 Å². The summed E-state index contributed by atoms with van der Waals surface area (Å²) < 4.78 is 0. The number of carbonyl (C=O) groups excluding carboxylic acids is 1. The Morgan fingerprint density at radius 2 is 2.06 bits per heavy atom. The first-order valence-corrected chi connectivity index (χ1v) is 6.20. The molecule has 0 aromatic carbocycles. The van der Waals surface area contributed by atoms with Gasteiger partial charge in [0.1, 0.15) is 0 Å². The van der Waals surface area contributed by atoms with Crippen LogP contribution >= 0.6 is 11.3 Å². The summed E-state index contributed by atoms with van der Waals surface area (Å²) in [6.45, 7) is 4.07. The lowest BCUT2D eigenvalue weighted by atomic mass is 10.3. The SMILES string of the molecule is Cc1cc(CNC(=O)NCC(O)C(=O)O)sc1C. The highest BCUT2D eigenvalue weighted by Crippen LogP contribution is 2.20. The van der Waals surface area contributed by atoms with Gasteiger partial charge in [-0.25, -0.2) is 9.59 Å². The van der Waals surface area contributed by atoms with Crippen LogP contribution in [0.25, 0.3) is 0 Å². The van der Waals surface area contributed by atoms with Crippen molar-refractivity contribution in [2.24, 2.45) is 0 Å². The number of amides is 2. The average molecular weight is 272 g/mol. The topological polar surface area (TPSA) is 98.7 Å². The number of aryl methyl sites for hydroxylation is 2. The van der Waals surface area contributed by atoms with Crippen molar-refractivity contribution in [3.8, 4) is 0 Å². The number of nitrogens with one attached hydrogen (secondary N) is 2. The predicted molar refractivity (Wildman–Crippen MR) is 67.7 cm³/mol. The van der Waals surface area contributed by atoms with Gasteiger partial charge in [0.2, 0.25) is 0 Å². The Hall–Kier alpha value is -1.60. The van der Waals surface area contributed by atoms with Crippen LogP contribution in [0.1, 0.15) is 15.3 Å². The number of thiophene rings is 1. The maximum atomic E-state index is 11.3. The highest BCUT2D eigenvalue weighted by atomic mass is 32.1. The van der Waals surface area contributed by atoms with Gasteiger partial charge in [0.25, 0.3) is 0 Å². The van der Waals surface area contributed by atoms with Gasteiger partial charge in [-0.15, -0.1) is 11.3 Å². The highest BCUT2D eigenvalue weighted by Gasteiger charge is 2.13. The zero-order chi connectivity index (χ0) is 13.7. The number of carboxylic acid groups (broad SMARTS) is 1. The summed E-state index contributed by atoms with van der Waals surface area (Å²) in [5, 5.41) is 22.2. The highest BCUT2D eigenvalue weighted by molar-refractivity contribution is 7.12. The lowest BCUT2D eigenvalue weighted by Gasteiger charge is -2.08. The van der Waals surface area contributed by atoms with E-state index in [2.05, 4.69) is 10.6 Å². The van der Waals surface area contributed by atoms with Gasteiger partial charge in [0, 0.05) is 9.75 Å². The fourth-order valence-corrected chi connectivity index (χ4v) is 2.24. The van der Waals surface area contributed by atoms with Crippen LogP contribution in [-0.2, 0) is 11.3 Å². The standard InChI is InChI=1S/C11H16N2O4S/c1-6-3-8(18-7(6)2)4-12-11(17)13-5-9(14)10(15)16/h3,9,14H,4-5H2,1-2H3,(H,15,16)(H2,12,13,17). The molecule has 1 atom stereocenters. The van der Waals surface area contributed by atoms with Gasteiger partial charge in [-0.05, 0) is 25.5 Å². The maximum absolute atomic E-state index is 11.3. The molecule has 7 heteroatoms. The van der Waals surface area contributed by atoms with E-state index < -0.39 is 18.1 Å². The van der Waals surface area contributed by atoms with Gasteiger partial charge < -0.3 is 20.8 Å². The van der Waals surface area contributed by atoms with Crippen molar-refractivity contribution >= 4 is 23.3 Å². The number of rotatable bonds is 5. The van der Waals surface area contributed by atoms with Gasteiger partial charge >= 0.3 is 12.0 Å². The van der Waals surface area contributed by atoms with E-state index in [1.165, 1.54) is 10.4 Å². The molecule has 0 spiro atoms. The minimum atomic E-state index is -1.58. The van der Waals surface area contributed by atoms with Crippen LogP contribution in [0.3, 0.4) is 0 Å². The molecular weight excluding hydrogens is 256 g/mol. The molecule has 1 rings (SSSR count). The molecule has 0 fully saturated rings. The first-order valence-electron chi connectivity index (χ1n) is 5.38. The molecule has 1 aromatic heterocycles. The summed E-state index contributed by atoms with van der Waals surface area (Å²) in [5.41, 5.74) is 1.18. The normalized spacial score (nSPS) is 11.9. The van der Waals surface area contributed by atoms with E-state index >= 15 is 0 Å². The zero-order valence-corrected chi connectivity index (χ0v) is 11.0. The minimum absolute atomic E-state index is 0.316. The molecule has 1 heterocycles. The Labute approximate surface area is 109 Å². The van der Waals surface area contributed by atoms with Gasteiger partial charge in [-0.3, -0.25) is 0 Å². The number of hydrogen-bond donors (Lipinski definition) is 4. The first kappa shape index (κ1) is 14.5. The Morgan fingerprint density at radius 3 is 2.56 bits per heavy atom. The third-order valence-corrected chi connectivity index (χ3v) is 3.53. The van der Waals surface area contributed by atoms with Crippen molar-refractivity contribution in [1.29, 1.82) is 0 Å². The molecule has 0 saturated heterocycles. The van der Waals surface area contributed by atoms with Gasteiger partial charge in [-0.2, -0.15) is 0 Å². The van der Waals surface area contributed by atoms with Crippen LogP contribution in [0.2, 0.25) is 0 Å². The lowest BCUT2D eigenvalue weighted by molar-refractivity contribution is -0.146. The third-order valence-electron chi connectivity index (χ3n) is 2.38. The molecule has 0 bridgehead atoms. The fourth-order valence-electron chi connectivity index (χ4n) is 1.24. The summed E-state index contributed by atoms with van der Waals surface area (Å²) in [5.74, 6) is -1.36. The number of urea groups is 1. The van der Waals surface area contributed by atoms with Crippen molar-refractivity contribution < 1.29 is 19.8 Å². The lowest BCUT2D eigenvalue weighted by Crippen LogP contribution is -2.41. The average Bonchev–Trinajstić information content (AvgIpc) is 2.63. The van der Waals surface area contributed by atoms with Gasteiger partial charge in [0.15, 0.2) is 6.10 Å². The van der Waals surface area contributed by atoms with Crippen LogP contribution in [0.15, 0.2) is 6.07 Å². The summed E-state index contributed by atoms with van der Waals surface area (Å²) in [7, 11) is 0. The number of aliphatic hydroxyl groups is 1. The summed E-state index contributed by atoms with van der Waals surface area (Å²) in [6.07, 6.45) is -1.58. The van der Waals surface area contributed by atoms with E-state index in [0.29, 0.717) is 6.54 Å². The second-order valence-electron chi connectivity index (χ2n) is 3.87. The van der Waals surface area contributed by atoms with E-state index in [1.807, 2.05) is 19.9 Å². The second kappa shape index (κ2) is 6.36. The quantitative estimate of drug-likeness (QED) is 0.631. The van der Waals surface area contributed by atoms with Gasteiger partial charge in [-0.1, -0.05) is 0 Å². The van der Waals surface area contributed by atoms with Crippen molar-refractivity contribution in [2.75, 3.05) is 6.54 Å². The van der Waals surface area contributed by atoms with Gasteiger partial charge in [0.05, 0.1) is 13.1 Å². The number of carbonyl (C=O) groups is 2. The molecular formula is C11H16N2O4S. The fraction of sp³-hybridized carbons (Fsp3) is 0.455. The number of carboxylic acids is 1. The van der Waals surface area contributed by atoms with Crippen LogP contribution in [-0.4, -0.2) is 34.9 Å². The maximum Gasteiger partial charge on any atom is 0.334 e. The smallest absolute Gasteiger partial charge is 0.334 e.